The van der Waals surface area contributed by atoms with Crippen LogP contribution in [0.4, 0.5) is 4.39 Å². The largest absolute Gasteiger partial charge is 0.320 e. The number of aryl methyl sites for hydroxylation is 1. The highest BCUT2D eigenvalue weighted by atomic mass is 35.5. The molecule has 0 spiro atoms. The Kier molecular flexibility index (Phi) is 4.37. The van der Waals surface area contributed by atoms with Crippen molar-refractivity contribution in [3.05, 3.63) is 69.6 Å². The molecule has 4 heteroatoms. The SMILES string of the molecule is C/C(=C\n1c2c(c3cc(Cl)ccc31)CN(C)CC2)c1ccc(F)cc1C. The highest BCUT2D eigenvalue weighted by Gasteiger charge is 2.22. The Bertz CT molecular complexity index is 1030. The van der Waals surface area contributed by atoms with Gasteiger partial charge in [0.2, 0.25) is 0 Å². The fourth-order valence-electron chi connectivity index (χ4n) is 3.98. The first-order valence-electron chi connectivity index (χ1n) is 8.88. The minimum atomic E-state index is -0.194. The normalized spacial score (nSPS) is 15.5. The van der Waals surface area contributed by atoms with E-state index < -0.39 is 0 Å². The Hall–Kier alpha value is -2.10. The van der Waals surface area contributed by atoms with Gasteiger partial charge in [-0.05, 0) is 73.5 Å². The van der Waals surface area contributed by atoms with Gasteiger partial charge in [-0.15, -0.1) is 0 Å². The summed E-state index contributed by atoms with van der Waals surface area (Å²) < 4.78 is 15.8. The highest BCUT2D eigenvalue weighted by molar-refractivity contribution is 6.31. The minimum absolute atomic E-state index is 0.194. The van der Waals surface area contributed by atoms with Crippen molar-refractivity contribution in [3.8, 4) is 0 Å². The quantitative estimate of drug-likeness (QED) is 0.559. The molecular weight excluding hydrogens is 347 g/mol. The molecule has 2 nitrogen and oxygen atoms in total. The van der Waals surface area contributed by atoms with Crippen molar-refractivity contribution >= 4 is 34.3 Å². The van der Waals surface area contributed by atoms with Crippen LogP contribution in [0.1, 0.15) is 29.3 Å². The fraction of sp³-hybridized carbons (Fsp3) is 0.273. The Balaban J connectivity index is 1.91. The molecule has 0 saturated heterocycles. The van der Waals surface area contributed by atoms with E-state index in [1.54, 1.807) is 6.07 Å². The van der Waals surface area contributed by atoms with E-state index in [1.807, 2.05) is 19.1 Å². The first kappa shape index (κ1) is 17.3. The van der Waals surface area contributed by atoms with E-state index in [-0.39, 0.29) is 5.82 Å². The number of benzene rings is 2. The van der Waals surface area contributed by atoms with Crippen LogP contribution in [0.2, 0.25) is 5.02 Å². The standard InChI is InChI=1S/C22H22ClFN2/c1-14-10-17(24)5-6-18(14)15(2)12-26-21-7-4-16(23)11-19(21)20-13-25(3)9-8-22(20)26/h4-7,10-12H,8-9,13H2,1-3H3/b15-12+. The van der Waals surface area contributed by atoms with Gasteiger partial charge in [0.25, 0.3) is 0 Å². The molecule has 1 aliphatic rings. The summed E-state index contributed by atoms with van der Waals surface area (Å²) in [6, 6.07) is 11.1. The van der Waals surface area contributed by atoms with Crippen molar-refractivity contribution < 1.29 is 4.39 Å². The van der Waals surface area contributed by atoms with Crippen LogP contribution >= 0.6 is 11.6 Å². The molecule has 1 aliphatic heterocycles. The third-order valence-electron chi connectivity index (χ3n) is 5.28. The molecule has 0 bridgehead atoms. The van der Waals surface area contributed by atoms with E-state index in [0.717, 1.165) is 41.2 Å². The summed E-state index contributed by atoms with van der Waals surface area (Å²) in [5.41, 5.74) is 7.02. The number of rotatable bonds is 2. The van der Waals surface area contributed by atoms with Crippen molar-refractivity contribution in [3.63, 3.8) is 0 Å². The number of allylic oxidation sites excluding steroid dienone is 1. The molecule has 0 unspecified atom stereocenters. The predicted octanol–water partition coefficient (Wildman–Crippen LogP) is 5.75. The third-order valence-corrected chi connectivity index (χ3v) is 5.51. The van der Waals surface area contributed by atoms with Crippen molar-refractivity contribution in [2.24, 2.45) is 0 Å². The maximum absolute atomic E-state index is 13.5. The monoisotopic (exact) mass is 368 g/mol. The maximum Gasteiger partial charge on any atom is 0.123 e. The van der Waals surface area contributed by atoms with Gasteiger partial charge in [-0.1, -0.05) is 17.7 Å². The zero-order valence-corrected chi connectivity index (χ0v) is 16.1. The molecule has 2 aromatic carbocycles. The summed E-state index contributed by atoms with van der Waals surface area (Å²) in [4.78, 5) is 2.34. The lowest BCUT2D eigenvalue weighted by atomic mass is 10.0. The number of fused-ring (bicyclic) bond motifs is 3. The van der Waals surface area contributed by atoms with E-state index in [4.69, 9.17) is 11.6 Å². The van der Waals surface area contributed by atoms with Gasteiger partial charge < -0.3 is 9.47 Å². The number of nitrogens with zero attached hydrogens (tertiary/aromatic N) is 2. The lowest BCUT2D eigenvalue weighted by Crippen LogP contribution is -2.26. The van der Waals surface area contributed by atoms with Gasteiger partial charge in [0.1, 0.15) is 5.82 Å². The molecule has 134 valence electrons. The highest BCUT2D eigenvalue weighted by Crippen LogP contribution is 2.34. The topological polar surface area (TPSA) is 8.17 Å². The summed E-state index contributed by atoms with van der Waals surface area (Å²) in [6.07, 6.45) is 3.19. The minimum Gasteiger partial charge on any atom is -0.320 e. The van der Waals surface area contributed by atoms with Gasteiger partial charge in [-0.2, -0.15) is 0 Å². The zero-order valence-electron chi connectivity index (χ0n) is 15.3. The van der Waals surface area contributed by atoms with Gasteiger partial charge in [0, 0.05) is 41.8 Å². The number of likely N-dealkylation sites (N-methyl/N-ethyl adjacent to an activating group) is 1. The Labute approximate surface area is 158 Å². The Morgan fingerprint density at radius 1 is 1.19 bits per heavy atom. The fourth-order valence-corrected chi connectivity index (χ4v) is 4.15. The van der Waals surface area contributed by atoms with Crippen LogP contribution in [0.5, 0.6) is 0 Å². The summed E-state index contributed by atoms with van der Waals surface area (Å²) in [5, 5.41) is 1.99. The van der Waals surface area contributed by atoms with Crippen LogP contribution in [-0.4, -0.2) is 23.1 Å². The van der Waals surface area contributed by atoms with Crippen LogP contribution in [0.3, 0.4) is 0 Å². The summed E-state index contributed by atoms with van der Waals surface area (Å²) in [5.74, 6) is -0.194. The maximum atomic E-state index is 13.5. The van der Waals surface area contributed by atoms with Crippen molar-refractivity contribution in [1.82, 2.24) is 9.47 Å². The molecule has 0 fully saturated rings. The van der Waals surface area contributed by atoms with Gasteiger partial charge in [-0.3, -0.25) is 0 Å². The molecular formula is C22H22ClFN2. The molecule has 26 heavy (non-hydrogen) atoms. The van der Waals surface area contributed by atoms with E-state index in [2.05, 4.69) is 41.8 Å². The second-order valence-corrected chi connectivity index (χ2v) is 7.65. The van der Waals surface area contributed by atoms with Crippen LogP contribution in [0.25, 0.3) is 22.7 Å². The van der Waals surface area contributed by atoms with E-state index in [0.29, 0.717) is 0 Å². The summed E-state index contributed by atoms with van der Waals surface area (Å²) in [6.45, 7) is 6.01. The van der Waals surface area contributed by atoms with Crippen LogP contribution in [-0.2, 0) is 13.0 Å². The summed E-state index contributed by atoms with van der Waals surface area (Å²) in [7, 11) is 2.15. The second kappa shape index (κ2) is 6.57. The van der Waals surface area contributed by atoms with Crippen LogP contribution in [0, 0.1) is 12.7 Å². The average molecular weight is 369 g/mol. The lowest BCUT2D eigenvalue weighted by molar-refractivity contribution is 0.312. The van der Waals surface area contributed by atoms with E-state index in [9.17, 15) is 4.39 Å². The molecule has 0 N–H and O–H groups in total. The van der Waals surface area contributed by atoms with Gasteiger partial charge in [0.05, 0.1) is 5.52 Å². The summed E-state index contributed by atoms with van der Waals surface area (Å²) >= 11 is 6.27. The van der Waals surface area contributed by atoms with Gasteiger partial charge >= 0.3 is 0 Å². The predicted molar refractivity (Wildman–Crippen MR) is 108 cm³/mol. The molecule has 2 heterocycles. The molecule has 3 aromatic rings. The van der Waals surface area contributed by atoms with Crippen molar-refractivity contribution in [2.45, 2.75) is 26.8 Å². The van der Waals surface area contributed by atoms with Crippen molar-refractivity contribution in [2.75, 3.05) is 13.6 Å². The lowest BCUT2D eigenvalue weighted by Gasteiger charge is -2.23. The third kappa shape index (κ3) is 2.95. The zero-order chi connectivity index (χ0) is 18.4. The first-order chi connectivity index (χ1) is 12.4. The molecule has 4 rings (SSSR count). The molecule has 0 saturated carbocycles. The number of hydrogen-bond donors (Lipinski definition) is 0. The van der Waals surface area contributed by atoms with E-state index in [1.165, 1.54) is 28.2 Å². The number of halogens is 2. The Morgan fingerprint density at radius 3 is 2.77 bits per heavy atom. The van der Waals surface area contributed by atoms with Gasteiger partial charge in [-0.25, -0.2) is 4.39 Å². The molecule has 0 atom stereocenters. The average Bonchev–Trinajstić information content (AvgIpc) is 2.87. The molecule has 1 aromatic heterocycles. The van der Waals surface area contributed by atoms with Crippen LogP contribution < -0.4 is 0 Å². The smallest absolute Gasteiger partial charge is 0.123 e. The van der Waals surface area contributed by atoms with Crippen molar-refractivity contribution in [1.29, 1.82) is 0 Å². The first-order valence-corrected chi connectivity index (χ1v) is 9.26. The van der Waals surface area contributed by atoms with E-state index >= 15 is 0 Å². The Morgan fingerprint density at radius 2 is 2.00 bits per heavy atom. The molecule has 0 aliphatic carbocycles. The molecule has 0 radical (unpaired) electrons. The number of aromatic nitrogens is 1. The number of hydrogen-bond acceptors (Lipinski definition) is 1. The molecule has 0 amide bonds. The van der Waals surface area contributed by atoms with Crippen LogP contribution in [0.15, 0.2) is 36.4 Å². The van der Waals surface area contributed by atoms with Gasteiger partial charge in [0.15, 0.2) is 0 Å². The second-order valence-electron chi connectivity index (χ2n) is 7.22.